The van der Waals surface area contributed by atoms with Crippen LogP contribution in [-0.2, 0) is 11.2 Å². The Kier molecular flexibility index (Phi) is 3.82. The van der Waals surface area contributed by atoms with Gasteiger partial charge in [-0.05, 0) is 23.6 Å². The van der Waals surface area contributed by atoms with E-state index in [4.69, 9.17) is 16.0 Å². The molecule has 1 aromatic carbocycles. The van der Waals surface area contributed by atoms with Gasteiger partial charge in [-0.1, -0.05) is 29.4 Å². The maximum atomic E-state index is 10.4. The van der Waals surface area contributed by atoms with Gasteiger partial charge in [0, 0.05) is 0 Å². The van der Waals surface area contributed by atoms with Gasteiger partial charge in [-0.25, -0.2) is 0 Å². The van der Waals surface area contributed by atoms with Crippen molar-refractivity contribution in [2.75, 3.05) is 0 Å². The third-order valence-electron chi connectivity index (χ3n) is 1.92. The molecule has 5 heteroatoms. The lowest BCUT2D eigenvalue weighted by Crippen LogP contribution is -2.17. The van der Waals surface area contributed by atoms with Crippen LogP contribution in [-0.4, -0.2) is 28.5 Å². The van der Waals surface area contributed by atoms with Crippen LogP contribution in [0, 0.1) is 0 Å². The Morgan fingerprint density at radius 1 is 1.47 bits per heavy atom. The maximum Gasteiger partial charge on any atom is 0.285 e. The first-order valence-electron chi connectivity index (χ1n) is 4.34. The van der Waals surface area contributed by atoms with E-state index in [0.717, 1.165) is 11.1 Å². The second-order valence-electron chi connectivity index (χ2n) is 3.08. The van der Waals surface area contributed by atoms with E-state index in [1.807, 2.05) is 0 Å². The van der Waals surface area contributed by atoms with Crippen molar-refractivity contribution in [3.05, 3.63) is 41.1 Å². The van der Waals surface area contributed by atoms with Crippen LogP contribution < -0.4 is 0 Å². The Bertz CT molecular complexity index is 359. The number of rotatable bonds is 4. The van der Waals surface area contributed by atoms with Crippen LogP contribution in [0.15, 0.2) is 29.4 Å². The van der Waals surface area contributed by atoms with Gasteiger partial charge < -0.3 is 16.0 Å². The second kappa shape index (κ2) is 5.11. The number of benzene rings is 1. The minimum atomic E-state index is -1.14. The first-order valence-corrected chi connectivity index (χ1v) is 4.34. The zero-order chi connectivity index (χ0) is 11.3. The molecule has 0 amide bonds. The molecule has 0 bridgehead atoms. The zero-order valence-electron chi connectivity index (χ0n) is 7.92. The number of carboxylic acid groups (broad SMARTS) is 1. The molecule has 3 N–H and O–H groups in total. The van der Waals surface area contributed by atoms with Gasteiger partial charge in [0.05, 0.1) is 6.21 Å². The van der Waals surface area contributed by atoms with Crippen LogP contribution >= 0.6 is 0 Å². The highest BCUT2D eigenvalue weighted by Crippen LogP contribution is 2.07. The molecule has 1 aromatic rings. The van der Waals surface area contributed by atoms with E-state index >= 15 is 0 Å². The Balaban J connectivity index is 2.68. The summed E-state index contributed by atoms with van der Waals surface area (Å²) in [5.41, 5.74) is 8.72. The highest BCUT2D eigenvalue weighted by molar-refractivity contribution is 5.79. The molecule has 15 heavy (non-hydrogen) atoms. The Hall–Kier alpha value is -1.88. The summed E-state index contributed by atoms with van der Waals surface area (Å²) >= 11 is 0. The fourth-order valence-electron chi connectivity index (χ4n) is 1.13. The number of carbonyl (C=O) groups is 1. The quantitative estimate of drug-likeness (QED) is 0.445. The first kappa shape index (κ1) is 11.2. The van der Waals surface area contributed by atoms with Crippen molar-refractivity contribution < 1.29 is 15.1 Å². The lowest BCUT2D eigenvalue weighted by Gasteiger charge is -2.14. The normalized spacial score (nSPS) is 12.9. The molecule has 0 heterocycles. The summed E-state index contributed by atoms with van der Waals surface area (Å²) in [6.07, 6.45) is 1.45. The average molecular weight is 207 g/mol. The van der Waals surface area contributed by atoms with Gasteiger partial charge in [0.15, 0.2) is 0 Å². The Labute approximate surface area is 86.8 Å². The monoisotopic (exact) mass is 207 g/mol. The first-order chi connectivity index (χ1) is 7.13. The van der Waals surface area contributed by atoms with E-state index in [1.54, 1.807) is 24.3 Å². The van der Waals surface area contributed by atoms with Gasteiger partial charge in [0.25, 0.3) is 5.97 Å². The van der Waals surface area contributed by atoms with Crippen molar-refractivity contribution in [3.8, 4) is 0 Å². The van der Waals surface area contributed by atoms with Crippen molar-refractivity contribution in [2.45, 2.75) is 12.5 Å². The van der Waals surface area contributed by atoms with Gasteiger partial charge >= 0.3 is 0 Å². The molecule has 0 aromatic heterocycles. The van der Waals surface area contributed by atoms with E-state index in [2.05, 4.69) is 5.16 Å². The Morgan fingerprint density at radius 3 is 2.53 bits per heavy atom. The molecule has 0 radical (unpaired) electrons. The third kappa shape index (κ3) is 3.40. The van der Waals surface area contributed by atoms with Crippen LogP contribution in [0.5, 0.6) is 0 Å². The van der Waals surface area contributed by atoms with Crippen LogP contribution in [0.2, 0.25) is 0 Å². The number of nitrogens with zero attached hydrogens (tertiary/aromatic N) is 1. The van der Waals surface area contributed by atoms with Crippen molar-refractivity contribution in [3.63, 3.8) is 0 Å². The molecule has 0 saturated carbocycles. The van der Waals surface area contributed by atoms with Gasteiger partial charge in [0.1, 0.15) is 0 Å². The fraction of sp³-hybridized carbons (Fsp3) is 0.200. The smallest absolute Gasteiger partial charge is 0.285 e. The van der Waals surface area contributed by atoms with Crippen LogP contribution in [0.3, 0.4) is 0 Å². The summed E-state index contributed by atoms with van der Waals surface area (Å²) in [6.45, 7) is 0. The van der Waals surface area contributed by atoms with Gasteiger partial charge in [-0.15, -0.1) is 0 Å². The standard InChI is InChI=1S/C10H11N2O3/c11-9(10(13)14)5-7-1-3-8(4-2-7)6-12-15/h1-4,6,9,11,15H,5H2,(H,13,14)/q-1/b12-6+. The molecule has 0 aliphatic heterocycles. The molecular weight excluding hydrogens is 196 g/mol. The number of hydrogen-bond donors (Lipinski definition) is 2. The molecule has 0 fully saturated rings. The van der Waals surface area contributed by atoms with E-state index < -0.39 is 12.0 Å². The molecule has 0 spiro atoms. The molecule has 1 unspecified atom stereocenters. The fourth-order valence-corrected chi connectivity index (χ4v) is 1.13. The molecule has 0 aliphatic carbocycles. The molecule has 80 valence electrons. The number of aliphatic carboxylic acids is 1. The van der Waals surface area contributed by atoms with E-state index in [9.17, 15) is 4.79 Å². The van der Waals surface area contributed by atoms with E-state index in [1.165, 1.54) is 6.21 Å². The SMILES string of the molecule is [NH-]C(Cc1ccc(/C=N/O)cc1)C(=O)O. The van der Waals surface area contributed by atoms with Crippen molar-refractivity contribution >= 4 is 12.2 Å². The number of carboxylic acids is 1. The number of nitrogens with one attached hydrogen (secondary N) is 1. The third-order valence-corrected chi connectivity index (χ3v) is 1.92. The lowest BCUT2D eigenvalue weighted by molar-refractivity contribution is -0.137. The average Bonchev–Trinajstić information content (AvgIpc) is 2.21. The Morgan fingerprint density at radius 2 is 2.07 bits per heavy atom. The minimum absolute atomic E-state index is 0.173. The van der Waals surface area contributed by atoms with Crippen LogP contribution in [0.25, 0.3) is 5.73 Å². The summed E-state index contributed by atoms with van der Waals surface area (Å²) in [5.74, 6) is -1.13. The molecule has 0 saturated heterocycles. The number of oxime groups is 1. The van der Waals surface area contributed by atoms with Gasteiger partial charge in [0.2, 0.25) is 0 Å². The predicted octanol–water partition coefficient (Wildman–Crippen LogP) is 1.54. The van der Waals surface area contributed by atoms with Crippen molar-refractivity contribution in [1.82, 2.24) is 0 Å². The number of hydrogen-bond acceptors (Lipinski definition) is 3. The van der Waals surface area contributed by atoms with Crippen LogP contribution in [0.1, 0.15) is 11.1 Å². The summed E-state index contributed by atoms with van der Waals surface area (Å²) in [6, 6.07) is 5.68. The van der Waals surface area contributed by atoms with Gasteiger partial charge in [-0.2, -0.15) is 0 Å². The lowest BCUT2D eigenvalue weighted by atomic mass is 10.1. The summed E-state index contributed by atoms with van der Waals surface area (Å²) in [5, 5.41) is 19.7. The molecule has 5 nitrogen and oxygen atoms in total. The summed E-state index contributed by atoms with van der Waals surface area (Å²) in [7, 11) is 0. The minimum Gasteiger partial charge on any atom is -0.665 e. The largest absolute Gasteiger partial charge is 0.665 e. The highest BCUT2D eigenvalue weighted by atomic mass is 16.4. The second-order valence-corrected chi connectivity index (χ2v) is 3.08. The summed E-state index contributed by atoms with van der Waals surface area (Å²) in [4.78, 5) is 10.4. The van der Waals surface area contributed by atoms with Crippen molar-refractivity contribution in [2.24, 2.45) is 5.16 Å². The van der Waals surface area contributed by atoms with Crippen LogP contribution in [0.4, 0.5) is 0 Å². The molecular formula is C10H11N2O3-. The molecule has 1 atom stereocenters. The van der Waals surface area contributed by atoms with E-state index in [0.29, 0.717) is 0 Å². The molecule has 0 aliphatic rings. The zero-order valence-corrected chi connectivity index (χ0v) is 7.92. The van der Waals surface area contributed by atoms with E-state index in [-0.39, 0.29) is 6.42 Å². The highest BCUT2D eigenvalue weighted by Gasteiger charge is 2.04. The maximum absolute atomic E-state index is 10.4. The molecule has 1 rings (SSSR count). The predicted molar refractivity (Wildman–Crippen MR) is 55.3 cm³/mol. The topological polar surface area (TPSA) is 93.7 Å². The van der Waals surface area contributed by atoms with Gasteiger partial charge in [-0.3, -0.25) is 4.79 Å². The van der Waals surface area contributed by atoms with Crippen molar-refractivity contribution in [1.29, 1.82) is 0 Å². The summed E-state index contributed by atoms with van der Waals surface area (Å²) < 4.78 is 0.